The standard InChI is InChI=1S/C22H19ClN2O3/c23-16-9-10-20(26)19(13-16)22(28)25-12-11-14-5-7-15(8-6-14)17-3-1-2-4-18(17)21(24)27/h1-10,13,26H,11-12H2,(H2,24,27)(H,25,28). The van der Waals surface area contributed by atoms with Crippen LogP contribution < -0.4 is 11.1 Å². The van der Waals surface area contributed by atoms with E-state index in [-0.39, 0.29) is 17.2 Å². The summed E-state index contributed by atoms with van der Waals surface area (Å²) in [5, 5.41) is 12.9. The predicted molar refractivity (Wildman–Crippen MR) is 110 cm³/mol. The number of hydrogen-bond donors (Lipinski definition) is 3. The second-order valence-electron chi connectivity index (χ2n) is 6.27. The van der Waals surface area contributed by atoms with Crippen molar-refractivity contribution in [2.45, 2.75) is 6.42 Å². The van der Waals surface area contributed by atoms with Gasteiger partial charge in [0.25, 0.3) is 5.91 Å². The summed E-state index contributed by atoms with van der Waals surface area (Å²) in [7, 11) is 0. The van der Waals surface area contributed by atoms with Crippen LogP contribution in [0.2, 0.25) is 5.02 Å². The molecule has 0 radical (unpaired) electrons. The maximum absolute atomic E-state index is 12.2. The van der Waals surface area contributed by atoms with Crippen LogP contribution in [0.5, 0.6) is 5.75 Å². The highest BCUT2D eigenvalue weighted by molar-refractivity contribution is 6.31. The van der Waals surface area contributed by atoms with E-state index in [0.29, 0.717) is 23.6 Å². The fraction of sp³-hybridized carbons (Fsp3) is 0.0909. The predicted octanol–water partition coefficient (Wildman–Crippen LogP) is 3.78. The van der Waals surface area contributed by atoms with Gasteiger partial charge in [-0.05, 0) is 47.4 Å². The lowest BCUT2D eigenvalue weighted by atomic mass is 9.98. The van der Waals surface area contributed by atoms with Gasteiger partial charge in [-0.25, -0.2) is 0 Å². The largest absolute Gasteiger partial charge is 0.507 e. The maximum atomic E-state index is 12.2. The normalized spacial score (nSPS) is 10.5. The Morgan fingerprint density at radius 3 is 2.39 bits per heavy atom. The Morgan fingerprint density at radius 2 is 1.68 bits per heavy atom. The van der Waals surface area contributed by atoms with Crippen LogP contribution in [0.25, 0.3) is 11.1 Å². The summed E-state index contributed by atoms with van der Waals surface area (Å²) in [6.45, 7) is 0.405. The van der Waals surface area contributed by atoms with Crippen LogP contribution in [0.15, 0.2) is 66.7 Å². The van der Waals surface area contributed by atoms with Gasteiger partial charge in [-0.1, -0.05) is 54.1 Å². The molecular weight excluding hydrogens is 376 g/mol. The SMILES string of the molecule is NC(=O)c1ccccc1-c1ccc(CCNC(=O)c2cc(Cl)ccc2O)cc1. The Bertz CT molecular complexity index is 1020. The minimum Gasteiger partial charge on any atom is -0.507 e. The molecule has 0 aromatic heterocycles. The first-order chi connectivity index (χ1) is 13.5. The molecule has 142 valence electrons. The summed E-state index contributed by atoms with van der Waals surface area (Å²) in [6, 6.07) is 19.2. The molecule has 0 saturated carbocycles. The zero-order valence-electron chi connectivity index (χ0n) is 15.0. The summed E-state index contributed by atoms with van der Waals surface area (Å²) in [6.07, 6.45) is 0.616. The van der Waals surface area contributed by atoms with Crippen molar-refractivity contribution in [2.75, 3.05) is 6.54 Å². The number of aromatic hydroxyl groups is 1. The van der Waals surface area contributed by atoms with Crippen LogP contribution in [-0.4, -0.2) is 23.5 Å². The average Bonchev–Trinajstić information content (AvgIpc) is 2.70. The summed E-state index contributed by atoms with van der Waals surface area (Å²) in [5.74, 6) is -0.960. The molecule has 3 aromatic carbocycles. The number of hydrogen-bond acceptors (Lipinski definition) is 3. The fourth-order valence-electron chi connectivity index (χ4n) is 2.91. The van der Waals surface area contributed by atoms with Crippen molar-refractivity contribution in [3.63, 3.8) is 0 Å². The monoisotopic (exact) mass is 394 g/mol. The van der Waals surface area contributed by atoms with Crippen LogP contribution in [0, 0.1) is 0 Å². The third kappa shape index (κ3) is 4.50. The van der Waals surface area contributed by atoms with Gasteiger partial charge in [-0.2, -0.15) is 0 Å². The number of phenolic OH excluding ortho intramolecular Hbond substituents is 1. The van der Waals surface area contributed by atoms with Gasteiger partial charge in [0.2, 0.25) is 5.91 Å². The Morgan fingerprint density at radius 1 is 0.964 bits per heavy atom. The first-order valence-corrected chi connectivity index (χ1v) is 9.08. The molecule has 4 N–H and O–H groups in total. The van der Waals surface area contributed by atoms with Crippen LogP contribution >= 0.6 is 11.6 Å². The molecule has 0 aliphatic rings. The lowest BCUT2D eigenvalue weighted by Gasteiger charge is -2.09. The van der Waals surface area contributed by atoms with Crippen molar-refractivity contribution in [3.8, 4) is 16.9 Å². The lowest BCUT2D eigenvalue weighted by Crippen LogP contribution is -2.25. The number of primary amides is 1. The van der Waals surface area contributed by atoms with E-state index in [4.69, 9.17) is 17.3 Å². The van der Waals surface area contributed by atoms with Crippen LogP contribution in [0.1, 0.15) is 26.3 Å². The number of nitrogens with one attached hydrogen (secondary N) is 1. The summed E-state index contributed by atoms with van der Waals surface area (Å²) in [4.78, 5) is 23.8. The molecule has 0 unspecified atom stereocenters. The van der Waals surface area contributed by atoms with Crippen LogP contribution in [0.3, 0.4) is 0 Å². The molecule has 0 aliphatic carbocycles. The number of rotatable bonds is 6. The molecule has 0 spiro atoms. The zero-order valence-corrected chi connectivity index (χ0v) is 15.7. The van der Waals surface area contributed by atoms with E-state index in [1.54, 1.807) is 12.1 Å². The van der Waals surface area contributed by atoms with Crippen molar-refractivity contribution < 1.29 is 14.7 Å². The van der Waals surface area contributed by atoms with Gasteiger partial charge >= 0.3 is 0 Å². The van der Waals surface area contributed by atoms with E-state index < -0.39 is 5.91 Å². The van der Waals surface area contributed by atoms with Gasteiger partial charge in [0.15, 0.2) is 0 Å². The molecule has 28 heavy (non-hydrogen) atoms. The number of halogens is 1. The quantitative estimate of drug-likeness (QED) is 0.594. The van der Waals surface area contributed by atoms with Crippen molar-refractivity contribution in [3.05, 3.63) is 88.4 Å². The second-order valence-corrected chi connectivity index (χ2v) is 6.71. The van der Waals surface area contributed by atoms with Gasteiger partial charge in [0.05, 0.1) is 5.56 Å². The van der Waals surface area contributed by atoms with E-state index in [0.717, 1.165) is 16.7 Å². The number of benzene rings is 3. The molecule has 3 rings (SSSR count). The van der Waals surface area contributed by atoms with Crippen LogP contribution in [-0.2, 0) is 6.42 Å². The molecule has 5 nitrogen and oxygen atoms in total. The molecule has 0 bridgehead atoms. The molecular formula is C22H19ClN2O3. The molecule has 0 atom stereocenters. The Labute approximate surface area is 167 Å². The number of amides is 2. The van der Waals surface area contributed by atoms with Gasteiger partial charge in [0, 0.05) is 17.1 Å². The minimum absolute atomic E-state index is 0.112. The first-order valence-electron chi connectivity index (χ1n) is 8.70. The highest BCUT2D eigenvalue weighted by Gasteiger charge is 2.12. The van der Waals surface area contributed by atoms with E-state index in [2.05, 4.69) is 5.32 Å². The summed E-state index contributed by atoms with van der Waals surface area (Å²) >= 11 is 5.87. The van der Waals surface area contributed by atoms with E-state index in [1.165, 1.54) is 18.2 Å². The Hall–Kier alpha value is -3.31. The number of nitrogens with two attached hydrogens (primary N) is 1. The second kappa shape index (κ2) is 8.59. The first kappa shape index (κ1) is 19.5. The molecule has 0 saturated heterocycles. The van der Waals surface area contributed by atoms with Gasteiger partial charge in [0.1, 0.15) is 5.75 Å². The maximum Gasteiger partial charge on any atom is 0.255 e. The molecule has 2 amide bonds. The third-order valence-corrected chi connectivity index (χ3v) is 4.60. The van der Waals surface area contributed by atoms with Gasteiger partial charge in [-0.3, -0.25) is 9.59 Å². The Kier molecular flexibility index (Phi) is 5.96. The molecule has 0 aliphatic heterocycles. The molecule has 0 heterocycles. The number of carbonyl (C=O) groups excluding carboxylic acids is 2. The average molecular weight is 395 g/mol. The van der Waals surface area contributed by atoms with Crippen molar-refractivity contribution in [1.29, 1.82) is 0 Å². The van der Waals surface area contributed by atoms with Gasteiger partial charge in [-0.15, -0.1) is 0 Å². The zero-order chi connectivity index (χ0) is 20.1. The molecule has 6 heteroatoms. The molecule has 0 fully saturated rings. The topological polar surface area (TPSA) is 92.4 Å². The number of phenols is 1. The van der Waals surface area contributed by atoms with E-state index in [1.807, 2.05) is 36.4 Å². The highest BCUT2D eigenvalue weighted by Crippen LogP contribution is 2.24. The van der Waals surface area contributed by atoms with Crippen LogP contribution in [0.4, 0.5) is 0 Å². The van der Waals surface area contributed by atoms with Crippen molar-refractivity contribution in [1.82, 2.24) is 5.32 Å². The minimum atomic E-state index is -0.466. The summed E-state index contributed by atoms with van der Waals surface area (Å²) in [5.41, 5.74) is 8.76. The third-order valence-electron chi connectivity index (χ3n) is 4.36. The number of carbonyl (C=O) groups is 2. The lowest BCUT2D eigenvalue weighted by molar-refractivity contribution is 0.0950. The Balaban J connectivity index is 1.63. The molecule has 3 aromatic rings. The van der Waals surface area contributed by atoms with Crippen molar-refractivity contribution >= 4 is 23.4 Å². The van der Waals surface area contributed by atoms with E-state index in [9.17, 15) is 14.7 Å². The van der Waals surface area contributed by atoms with Crippen molar-refractivity contribution in [2.24, 2.45) is 5.73 Å². The fourth-order valence-corrected chi connectivity index (χ4v) is 3.08. The highest BCUT2D eigenvalue weighted by atomic mass is 35.5. The van der Waals surface area contributed by atoms with Gasteiger partial charge < -0.3 is 16.2 Å². The summed E-state index contributed by atoms with van der Waals surface area (Å²) < 4.78 is 0. The smallest absolute Gasteiger partial charge is 0.255 e. The van der Waals surface area contributed by atoms with E-state index >= 15 is 0 Å².